The molecule has 9 rings (SSSR count). The van der Waals surface area contributed by atoms with Crippen LogP contribution < -0.4 is 41.9 Å². The molecule has 0 saturated heterocycles. The maximum Gasteiger partial charge on any atom is 0.287 e. The van der Waals surface area contributed by atoms with Crippen LogP contribution in [0.25, 0.3) is 33.2 Å². The van der Waals surface area contributed by atoms with E-state index in [4.69, 9.17) is 14.7 Å². The maximum absolute atomic E-state index is 12.5. The first-order valence-electron chi connectivity index (χ1n) is 17.5. The molecule has 2 aliphatic heterocycles. The molecule has 292 valence electrons. The van der Waals surface area contributed by atoms with E-state index in [2.05, 4.69) is 61.8 Å². The Morgan fingerprint density at radius 2 is 1.24 bits per heavy atom. The molecule has 0 unspecified atom stereocenters. The van der Waals surface area contributed by atoms with E-state index in [-0.39, 0.29) is 55.2 Å². The largest absolute Gasteiger partial charge is 0.482 e. The van der Waals surface area contributed by atoms with Crippen molar-refractivity contribution in [3.8, 4) is 29.0 Å². The van der Waals surface area contributed by atoms with Crippen LogP contribution in [0.1, 0.15) is 37.9 Å². The summed E-state index contributed by atoms with van der Waals surface area (Å²) >= 11 is 0. The molecule has 0 atom stereocenters. The molecule has 4 aromatic carbocycles. The Bertz CT molecular complexity index is 3010. The van der Waals surface area contributed by atoms with Gasteiger partial charge in [0.15, 0.2) is 24.9 Å². The van der Waals surface area contributed by atoms with Crippen molar-refractivity contribution in [2.45, 2.75) is 13.1 Å². The molecule has 7 N–H and O–H groups in total. The summed E-state index contributed by atoms with van der Waals surface area (Å²) in [6.45, 7) is 0.276. The molecule has 0 bridgehead atoms. The number of tetrazole rings is 1. The first kappa shape index (κ1) is 37.1. The maximum atomic E-state index is 12.5. The summed E-state index contributed by atoms with van der Waals surface area (Å²) in [6, 6.07) is 21.7. The molecule has 0 aliphatic carbocycles. The van der Waals surface area contributed by atoms with Crippen LogP contribution in [0.3, 0.4) is 0 Å². The summed E-state index contributed by atoms with van der Waals surface area (Å²) in [5.41, 5.74) is 3.19. The predicted molar refractivity (Wildman–Crippen MR) is 206 cm³/mol. The standard InChI is InChI=1S/C19H14N8O4.C19H13N5O4/c28-15-8-31-14-4-1-9(5-13(14)21-15)7-20-19(30)17-22-12-3-2-10(16-24-26-27-25-16)6-11(12)18(29)23-17;20-7-10-1-3-13-12(5-10)18(26)24-17(23-13)19(27)21-8-11-2-4-15-14(6-11)22-16(25)9-28-15/h1-6H,7-8H2,(H,20,30)(H,21,28)(H,22,23,29)(H,24,25,26,27);1-6H,8-9H2,(H,21,27)(H,22,25)(H,23,24,26). The lowest BCUT2D eigenvalue weighted by Crippen LogP contribution is -2.28. The van der Waals surface area contributed by atoms with Crippen LogP contribution in [-0.4, -0.2) is 77.4 Å². The number of rotatable bonds is 7. The third kappa shape index (κ3) is 8.12. The lowest BCUT2D eigenvalue weighted by atomic mass is 10.1. The summed E-state index contributed by atoms with van der Waals surface area (Å²) in [5.74, 6) is -0.353. The van der Waals surface area contributed by atoms with E-state index in [1.807, 2.05) is 6.07 Å². The zero-order valence-corrected chi connectivity index (χ0v) is 30.2. The minimum Gasteiger partial charge on any atom is -0.482 e. The van der Waals surface area contributed by atoms with Crippen molar-refractivity contribution < 1.29 is 28.7 Å². The van der Waals surface area contributed by atoms with Crippen LogP contribution >= 0.6 is 0 Å². The van der Waals surface area contributed by atoms with Crippen LogP contribution in [0, 0.1) is 11.3 Å². The molecular weight excluding hydrogens is 767 g/mol. The van der Waals surface area contributed by atoms with E-state index < -0.39 is 22.9 Å². The van der Waals surface area contributed by atoms with E-state index in [1.54, 1.807) is 54.6 Å². The summed E-state index contributed by atoms with van der Waals surface area (Å²) in [7, 11) is 0. The average molecular weight is 794 g/mol. The number of anilines is 2. The van der Waals surface area contributed by atoms with Crippen LogP contribution in [0.15, 0.2) is 82.4 Å². The lowest BCUT2D eigenvalue weighted by Gasteiger charge is -2.18. The number of ether oxygens (including phenoxy) is 2. The lowest BCUT2D eigenvalue weighted by molar-refractivity contribution is -0.119. The quantitative estimate of drug-likeness (QED) is 0.120. The predicted octanol–water partition coefficient (Wildman–Crippen LogP) is 1.42. The molecular formula is C38H27N13O8. The van der Waals surface area contributed by atoms with Gasteiger partial charge in [0.25, 0.3) is 34.7 Å². The second-order valence-corrected chi connectivity index (χ2v) is 12.8. The molecule has 0 fully saturated rings. The average Bonchev–Trinajstić information content (AvgIpc) is 3.80. The number of fused-ring (bicyclic) bond motifs is 4. The van der Waals surface area contributed by atoms with Crippen molar-refractivity contribution in [2.75, 3.05) is 23.8 Å². The van der Waals surface area contributed by atoms with E-state index in [0.29, 0.717) is 56.2 Å². The molecule has 21 nitrogen and oxygen atoms in total. The summed E-state index contributed by atoms with van der Waals surface area (Å²) in [4.78, 5) is 85.8. The van der Waals surface area contributed by atoms with Gasteiger partial charge >= 0.3 is 0 Å². The zero-order valence-electron chi connectivity index (χ0n) is 30.2. The minimum atomic E-state index is -0.554. The summed E-state index contributed by atoms with van der Waals surface area (Å²) in [6.07, 6.45) is 0. The fourth-order valence-corrected chi connectivity index (χ4v) is 6.00. The smallest absolute Gasteiger partial charge is 0.287 e. The number of aromatic amines is 3. The normalized spacial score (nSPS) is 12.6. The third-order valence-electron chi connectivity index (χ3n) is 8.83. The number of hydrogen-bond acceptors (Lipinski definition) is 14. The first-order chi connectivity index (χ1) is 28.6. The molecule has 59 heavy (non-hydrogen) atoms. The molecule has 2 aliphatic rings. The van der Waals surface area contributed by atoms with Crippen molar-refractivity contribution in [1.82, 2.24) is 51.2 Å². The Hall–Kier alpha value is -8.80. The number of carbonyl (C=O) groups excluding carboxylic acids is 4. The summed E-state index contributed by atoms with van der Waals surface area (Å²) in [5, 5.41) is 33.8. The Morgan fingerprint density at radius 1 is 0.695 bits per heavy atom. The molecule has 7 aromatic rings. The van der Waals surface area contributed by atoms with Gasteiger partial charge in [0.05, 0.1) is 44.8 Å². The number of amides is 4. The van der Waals surface area contributed by atoms with Crippen molar-refractivity contribution in [3.63, 3.8) is 0 Å². The Labute approximate surface area is 329 Å². The van der Waals surface area contributed by atoms with Crippen LogP contribution in [0.2, 0.25) is 0 Å². The number of H-pyrrole nitrogens is 3. The Morgan fingerprint density at radius 3 is 1.76 bits per heavy atom. The topological polar surface area (TPSA) is 305 Å². The van der Waals surface area contributed by atoms with Crippen LogP contribution in [0.4, 0.5) is 11.4 Å². The summed E-state index contributed by atoms with van der Waals surface area (Å²) < 4.78 is 10.6. The van der Waals surface area contributed by atoms with Crippen LogP contribution in [-0.2, 0) is 22.7 Å². The number of nitrogens with one attached hydrogen (secondary N) is 7. The number of nitriles is 1. The number of aromatic nitrogens is 8. The Balaban J connectivity index is 0.000000165. The minimum absolute atomic E-state index is 0.0271. The van der Waals surface area contributed by atoms with Gasteiger partial charge in [0.1, 0.15) is 11.5 Å². The molecule has 0 spiro atoms. The number of benzene rings is 4. The molecule has 0 saturated carbocycles. The fraction of sp³-hybridized carbons (Fsp3) is 0.105. The van der Waals surface area contributed by atoms with Gasteiger partial charge in [-0.25, -0.2) is 9.97 Å². The van der Waals surface area contributed by atoms with Crippen molar-refractivity contribution in [1.29, 1.82) is 5.26 Å². The van der Waals surface area contributed by atoms with E-state index >= 15 is 0 Å². The van der Waals surface area contributed by atoms with Gasteiger partial charge in [-0.15, -0.1) is 10.2 Å². The van der Waals surface area contributed by atoms with Gasteiger partial charge < -0.3 is 40.7 Å². The molecule has 4 amide bonds. The first-order valence-corrected chi connectivity index (χ1v) is 17.5. The second kappa shape index (κ2) is 15.7. The highest BCUT2D eigenvalue weighted by Crippen LogP contribution is 2.29. The highest BCUT2D eigenvalue weighted by Gasteiger charge is 2.19. The highest BCUT2D eigenvalue weighted by atomic mass is 16.5. The van der Waals surface area contributed by atoms with Gasteiger partial charge in [-0.2, -0.15) is 10.5 Å². The van der Waals surface area contributed by atoms with Crippen LogP contribution in [0.5, 0.6) is 11.5 Å². The van der Waals surface area contributed by atoms with Gasteiger partial charge in [-0.3, -0.25) is 28.8 Å². The van der Waals surface area contributed by atoms with Gasteiger partial charge in [0.2, 0.25) is 5.82 Å². The number of carbonyl (C=O) groups is 4. The number of nitrogens with zero attached hydrogens (tertiary/aromatic N) is 6. The molecule has 21 heteroatoms. The molecule has 5 heterocycles. The Kier molecular flexibility index (Phi) is 9.91. The zero-order chi connectivity index (χ0) is 41.0. The molecule has 3 aromatic heterocycles. The third-order valence-corrected chi connectivity index (χ3v) is 8.83. The second-order valence-electron chi connectivity index (χ2n) is 12.8. The number of hydrogen-bond donors (Lipinski definition) is 7. The fourth-order valence-electron chi connectivity index (χ4n) is 6.00. The highest BCUT2D eigenvalue weighted by molar-refractivity contribution is 5.97. The van der Waals surface area contributed by atoms with Crippen molar-refractivity contribution in [3.05, 3.63) is 122 Å². The van der Waals surface area contributed by atoms with E-state index in [1.165, 1.54) is 18.2 Å². The van der Waals surface area contributed by atoms with E-state index in [0.717, 1.165) is 11.1 Å². The van der Waals surface area contributed by atoms with E-state index in [9.17, 15) is 28.8 Å². The van der Waals surface area contributed by atoms with Gasteiger partial charge in [-0.1, -0.05) is 12.1 Å². The molecule has 0 radical (unpaired) electrons. The van der Waals surface area contributed by atoms with Crippen molar-refractivity contribution >= 4 is 56.8 Å². The van der Waals surface area contributed by atoms with Gasteiger partial charge in [-0.05, 0) is 77.0 Å². The SMILES string of the molecule is N#Cc1ccc2nc(C(=O)NCc3ccc4c(c3)NC(=O)CO4)[nH]c(=O)c2c1.O=C1COc2ccc(CNC(=O)c3nc4ccc(-c5nn[nH]n5)cc4c(=O)[nH]3)cc2N1. The van der Waals surface area contributed by atoms with Crippen molar-refractivity contribution in [2.24, 2.45) is 0 Å². The monoisotopic (exact) mass is 793 g/mol. The van der Waals surface area contributed by atoms with Gasteiger partial charge in [0, 0.05) is 18.7 Å².